The lowest BCUT2D eigenvalue weighted by Crippen LogP contribution is -1.97. The van der Waals surface area contributed by atoms with Gasteiger partial charge in [-0.2, -0.15) is 0 Å². The number of rotatable bonds is 0. The van der Waals surface area contributed by atoms with Crippen LogP contribution in [0.2, 0.25) is 0 Å². The van der Waals surface area contributed by atoms with E-state index in [1.54, 1.807) is 12.4 Å². The fraction of sp³-hybridized carbons (Fsp3) is 0.143. The zero-order valence-electron chi connectivity index (χ0n) is 6.15. The maximum atomic E-state index is 5.52. The predicted octanol–water partition coefficient (Wildman–Crippen LogP) is 0.620. The summed E-state index contributed by atoms with van der Waals surface area (Å²) in [5, 5.41) is 0. The highest BCUT2D eigenvalue weighted by Crippen LogP contribution is 2.06. The number of nitrogens with two attached hydrogens (primary N) is 1. The molecule has 4 heteroatoms. The minimum atomic E-state index is 0.521. The van der Waals surface area contributed by atoms with Crippen molar-refractivity contribution in [3.63, 3.8) is 0 Å². The van der Waals surface area contributed by atoms with Crippen LogP contribution in [0.1, 0.15) is 5.69 Å². The fourth-order valence-corrected chi connectivity index (χ4v) is 1.11. The molecule has 2 rings (SSSR count). The van der Waals surface area contributed by atoms with E-state index >= 15 is 0 Å². The van der Waals surface area contributed by atoms with E-state index in [0.717, 1.165) is 11.3 Å². The van der Waals surface area contributed by atoms with Crippen molar-refractivity contribution in [1.82, 2.24) is 14.4 Å². The first-order valence-corrected chi connectivity index (χ1v) is 3.33. The SMILES string of the molecule is Cc1nc(N)cn2ccnc12. The number of nitrogens with zero attached hydrogens (tertiary/aromatic N) is 3. The lowest BCUT2D eigenvalue weighted by Gasteiger charge is -1.97. The van der Waals surface area contributed by atoms with Gasteiger partial charge in [0, 0.05) is 12.4 Å². The van der Waals surface area contributed by atoms with Crippen LogP contribution in [0.15, 0.2) is 18.6 Å². The van der Waals surface area contributed by atoms with Gasteiger partial charge in [0.15, 0.2) is 5.65 Å². The standard InChI is InChI=1S/C7H8N4/c1-5-7-9-2-3-11(7)4-6(8)10-5/h2-4H,8H2,1H3. The molecule has 0 saturated carbocycles. The Balaban J connectivity index is 2.91. The van der Waals surface area contributed by atoms with Crippen LogP contribution in [0.4, 0.5) is 5.82 Å². The van der Waals surface area contributed by atoms with Crippen LogP contribution in [0.3, 0.4) is 0 Å². The molecule has 0 radical (unpaired) electrons. The van der Waals surface area contributed by atoms with E-state index in [1.165, 1.54) is 0 Å². The molecule has 0 aliphatic rings. The molecule has 2 aromatic heterocycles. The molecule has 0 saturated heterocycles. The van der Waals surface area contributed by atoms with Crippen LogP contribution in [-0.4, -0.2) is 14.4 Å². The molecule has 0 aliphatic heterocycles. The molecule has 2 heterocycles. The number of nitrogen functional groups attached to an aromatic ring is 1. The summed E-state index contributed by atoms with van der Waals surface area (Å²) >= 11 is 0. The number of hydrogen-bond donors (Lipinski definition) is 1. The molecule has 2 aromatic rings. The van der Waals surface area contributed by atoms with Crippen LogP contribution in [0.25, 0.3) is 5.65 Å². The summed E-state index contributed by atoms with van der Waals surface area (Å²) in [6, 6.07) is 0. The maximum Gasteiger partial charge on any atom is 0.158 e. The van der Waals surface area contributed by atoms with Crippen molar-refractivity contribution in [3.8, 4) is 0 Å². The van der Waals surface area contributed by atoms with Gasteiger partial charge < -0.3 is 10.1 Å². The van der Waals surface area contributed by atoms with Crippen molar-refractivity contribution >= 4 is 11.5 Å². The normalized spacial score (nSPS) is 10.6. The number of anilines is 1. The Labute approximate surface area is 63.7 Å². The first kappa shape index (κ1) is 6.15. The molecule has 0 atom stereocenters. The Morgan fingerprint density at radius 1 is 1.55 bits per heavy atom. The second-order valence-corrected chi connectivity index (χ2v) is 2.41. The van der Waals surface area contributed by atoms with Gasteiger partial charge in [0.1, 0.15) is 5.82 Å². The largest absolute Gasteiger partial charge is 0.382 e. The Kier molecular flexibility index (Phi) is 1.09. The Bertz CT molecular complexity index is 390. The number of imidazole rings is 1. The summed E-state index contributed by atoms with van der Waals surface area (Å²) < 4.78 is 1.86. The number of aryl methyl sites for hydroxylation is 1. The lowest BCUT2D eigenvalue weighted by molar-refractivity contribution is 1.09. The lowest BCUT2D eigenvalue weighted by atomic mass is 10.5. The quantitative estimate of drug-likeness (QED) is 0.595. The first-order chi connectivity index (χ1) is 5.27. The van der Waals surface area contributed by atoms with Crippen molar-refractivity contribution in [2.45, 2.75) is 6.92 Å². The number of fused-ring (bicyclic) bond motifs is 1. The second-order valence-electron chi connectivity index (χ2n) is 2.41. The van der Waals surface area contributed by atoms with E-state index in [2.05, 4.69) is 9.97 Å². The van der Waals surface area contributed by atoms with Crippen molar-refractivity contribution in [3.05, 3.63) is 24.3 Å². The summed E-state index contributed by atoms with van der Waals surface area (Å²) in [6.07, 6.45) is 5.32. The molecular weight excluding hydrogens is 140 g/mol. The third kappa shape index (κ3) is 0.832. The average Bonchev–Trinajstić information content (AvgIpc) is 2.34. The van der Waals surface area contributed by atoms with Gasteiger partial charge in [-0.15, -0.1) is 0 Å². The molecule has 0 amide bonds. The van der Waals surface area contributed by atoms with Gasteiger partial charge in [-0.1, -0.05) is 0 Å². The van der Waals surface area contributed by atoms with Crippen molar-refractivity contribution in [2.24, 2.45) is 0 Å². The molecule has 2 N–H and O–H groups in total. The van der Waals surface area contributed by atoms with Gasteiger partial charge in [0.2, 0.25) is 0 Å². The topological polar surface area (TPSA) is 56.2 Å². The van der Waals surface area contributed by atoms with Gasteiger partial charge in [0.25, 0.3) is 0 Å². The van der Waals surface area contributed by atoms with Crippen molar-refractivity contribution < 1.29 is 0 Å². The molecule has 0 spiro atoms. The predicted molar refractivity (Wildman–Crippen MR) is 42.1 cm³/mol. The van der Waals surface area contributed by atoms with Gasteiger partial charge in [-0.05, 0) is 6.92 Å². The monoisotopic (exact) mass is 148 g/mol. The minimum Gasteiger partial charge on any atom is -0.382 e. The summed E-state index contributed by atoms with van der Waals surface area (Å²) in [4.78, 5) is 8.17. The highest BCUT2D eigenvalue weighted by Gasteiger charge is 1.99. The molecule has 0 fully saturated rings. The first-order valence-electron chi connectivity index (χ1n) is 3.33. The zero-order chi connectivity index (χ0) is 7.84. The molecule has 0 bridgehead atoms. The van der Waals surface area contributed by atoms with Gasteiger partial charge in [-0.25, -0.2) is 9.97 Å². The summed E-state index contributed by atoms with van der Waals surface area (Å²) in [6.45, 7) is 1.89. The van der Waals surface area contributed by atoms with Gasteiger partial charge in [-0.3, -0.25) is 0 Å². The summed E-state index contributed by atoms with van der Waals surface area (Å²) in [5.74, 6) is 0.521. The van der Waals surface area contributed by atoms with E-state index in [9.17, 15) is 0 Å². The molecule has 4 nitrogen and oxygen atoms in total. The molecule has 0 aromatic carbocycles. The van der Waals surface area contributed by atoms with Crippen LogP contribution in [0.5, 0.6) is 0 Å². The Hall–Kier alpha value is -1.58. The van der Waals surface area contributed by atoms with Crippen LogP contribution >= 0.6 is 0 Å². The van der Waals surface area contributed by atoms with E-state index in [1.807, 2.05) is 17.5 Å². The third-order valence-corrected chi connectivity index (χ3v) is 1.56. The second kappa shape index (κ2) is 1.95. The molecule has 0 aliphatic carbocycles. The molecular formula is C7H8N4. The van der Waals surface area contributed by atoms with Crippen molar-refractivity contribution in [1.29, 1.82) is 0 Å². The Morgan fingerprint density at radius 2 is 2.36 bits per heavy atom. The maximum absolute atomic E-state index is 5.52. The summed E-state index contributed by atoms with van der Waals surface area (Å²) in [7, 11) is 0. The zero-order valence-corrected chi connectivity index (χ0v) is 6.15. The van der Waals surface area contributed by atoms with E-state index < -0.39 is 0 Å². The third-order valence-electron chi connectivity index (χ3n) is 1.56. The van der Waals surface area contributed by atoms with E-state index in [0.29, 0.717) is 5.82 Å². The molecule has 56 valence electrons. The van der Waals surface area contributed by atoms with Gasteiger partial charge in [0.05, 0.1) is 11.9 Å². The van der Waals surface area contributed by atoms with Crippen LogP contribution < -0.4 is 5.73 Å². The van der Waals surface area contributed by atoms with Crippen LogP contribution in [0, 0.1) is 6.92 Å². The number of hydrogen-bond acceptors (Lipinski definition) is 3. The smallest absolute Gasteiger partial charge is 0.158 e. The summed E-state index contributed by atoms with van der Waals surface area (Å²) in [5.41, 5.74) is 7.24. The molecule has 11 heavy (non-hydrogen) atoms. The van der Waals surface area contributed by atoms with Crippen molar-refractivity contribution in [2.75, 3.05) is 5.73 Å². The van der Waals surface area contributed by atoms with Crippen LogP contribution in [-0.2, 0) is 0 Å². The average molecular weight is 148 g/mol. The minimum absolute atomic E-state index is 0.521. The molecule has 0 unspecified atom stereocenters. The van der Waals surface area contributed by atoms with Gasteiger partial charge >= 0.3 is 0 Å². The van der Waals surface area contributed by atoms with E-state index in [4.69, 9.17) is 5.73 Å². The highest BCUT2D eigenvalue weighted by atomic mass is 15.0. The number of aromatic nitrogens is 3. The van der Waals surface area contributed by atoms with E-state index in [-0.39, 0.29) is 0 Å². The Morgan fingerprint density at radius 3 is 3.18 bits per heavy atom. The highest BCUT2D eigenvalue weighted by molar-refractivity contribution is 5.46. The fourth-order valence-electron chi connectivity index (χ4n) is 1.11.